The van der Waals surface area contributed by atoms with Crippen LogP contribution in [-0.4, -0.2) is 10.4 Å². The summed E-state index contributed by atoms with van der Waals surface area (Å²) < 4.78 is 3.98. The molecule has 0 saturated heterocycles. The molecular weight excluding hydrogens is 282 g/mol. The molecule has 3 aromatic rings. The van der Waals surface area contributed by atoms with Crippen molar-refractivity contribution < 1.29 is 4.57 Å². The molecule has 0 radical (unpaired) electrons. The van der Waals surface area contributed by atoms with E-state index in [1.807, 2.05) is 89.5 Å². The summed E-state index contributed by atoms with van der Waals surface area (Å²) >= 11 is 5.98. The highest BCUT2D eigenvalue weighted by Crippen LogP contribution is 2.16. The summed E-state index contributed by atoms with van der Waals surface area (Å²) in [5, 5.41) is 0.718. The molecule has 0 bridgehead atoms. The van der Waals surface area contributed by atoms with Crippen LogP contribution >= 0.6 is 11.6 Å². The van der Waals surface area contributed by atoms with E-state index < -0.39 is 0 Å². The van der Waals surface area contributed by atoms with Gasteiger partial charge in [-0.05, 0) is 36.4 Å². The van der Waals surface area contributed by atoms with E-state index in [4.69, 9.17) is 16.6 Å². The quantitative estimate of drug-likeness (QED) is 0.391. The molecule has 0 aliphatic heterocycles. The standard InChI is InChI=1S/C17H15ClN3/c1-20-11-12-21(13-20)17(14-7-9-15(18)10-8-14)19-16-5-3-2-4-6-16/h2-13H,1H3/q+1. The third kappa shape index (κ3) is 3.20. The fourth-order valence-electron chi connectivity index (χ4n) is 2.07. The first-order valence-electron chi connectivity index (χ1n) is 6.66. The molecule has 3 rings (SSSR count). The van der Waals surface area contributed by atoms with E-state index in [0.717, 1.165) is 22.1 Å². The molecule has 2 aromatic carbocycles. The molecule has 0 N–H and O–H groups in total. The SMILES string of the molecule is C[n+]1ccn(C(=Nc2ccccc2)c2ccc(Cl)cc2)c1. The van der Waals surface area contributed by atoms with Gasteiger partial charge >= 0.3 is 0 Å². The molecule has 1 heterocycles. The maximum atomic E-state index is 5.98. The second kappa shape index (κ2) is 5.94. The van der Waals surface area contributed by atoms with Crippen molar-refractivity contribution in [1.29, 1.82) is 0 Å². The van der Waals surface area contributed by atoms with Gasteiger partial charge in [0.15, 0.2) is 0 Å². The molecule has 0 aliphatic rings. The van der Waals surface area contributed by atoms with Gasteiger partial charge in [0.25, 0.3) is 0 Å². The minimum Gasteiger partial charge on any atom is -0.239 e. The zero-order valence-electron chi connectivity index (χ0n) is 11.6. The summed E-state index contributed by atoms with van der Waals surface area (Å²) in [6, 6.07) is 17.6. The summed E-state index contributed by atoms with van der Waals surface area (Å²) in [5.74, 6) is 0.860. The number of para-hydroxylation sites is 1. The Labute approximate surface area is 128 Å². The average molecular weight is 297 g/mol. The highest BCUT2D eigenvalue weighted by molar-refractivity contribution is 6.30. The van der Waals surface area contributed by atoms with E-state index >= 15 is 0 Å². The van der Waals surface area contributed by atoms with Crippen molar-refractivity contribution >= 4 is 23.1 Å². The lowest BCUT2D eigenvalue weighted by atomic mass is 10.2. The lowest BCUT2D eigenvalue weighted by Gasteiger charge is -2.03. The Morgan fingerprint density at radius 2 is 1.76 bits per heavy atom. The fraction of sp³-hybridized carbons (Fsp3) is 0.0588. The molecule has 0 amide bonds. The van der Waals surface area contributed by atoms with E-state index in [1.54, 1.807) is 0 Å². The number of aromatic nitrogens is 2. The van der Waals surface area contributed by atoms with Crippen molar-refractivity contribution in [1.82, 2.24) is 4.57 Å². The van der Waals surface area contributed by atoms with Crippen LogP contribution in [0, 0.1) is 0 Å². The number of aliphatic imine (C=N–C) groups is 1. The van der Waals surface area contributed by atoms with Gasteiger partial charge in [0.2, 0.25) is 12.2 Å². The van der Waals surface area contributed by atoms with Crippen LogP contribution in [0.15, 0.2) is 78.3 Å². The smallest absolute Gasteiger partial charge is 0.239 e. The molecular formula is C17H15ClN3+. The van der Waals surface area contributed by atoms with Crippen molar-refractivity contribution in [3.8, 4) is 0 Å². The number of imidazole rings is 1. The van der Waals surface area contributed by atoms with Gasteiger partial charge in [-0.3, -0.25) is 0 Å². The van der Waals surface area contributed by atoms with Crippen LogP contribution in [0.2, 0.25) is 5.02 Å². The molecule has 0 spiro atoms. The van der Waals surface area contributed by atoms with Gasteiger partial charge in [0.05, 0.1) is 12.7 Å². The highest BCUT2D eigenvalue weighted by atomic mass is 35.5. The predicted octanol–water partition coefficient (Wildman–Crippen LogP) is 3.59. The molecule has 4 heteroatoms. The van der Waals surface area contributed by atoms with E-state index in [0.29, 0.717) is 0 Å². The fourth-order valence-corrected chi connectivity index (χ4v) is 2.20. The van der Waals surface area contributed by atoms with Crippen LogP contribution in [0.3, 0.4) is 0 Å². The van der Waals surface area contributed by atoms with Crippen LogP contribution in [0.25, 0.3) is 0 Å². The maximum Gasteiger partial charge on any atom is 0.250 e. The zero-order valence-corrected chi connectivity index (χ0v) is 12.4. The topological polar surface area (TPSA) is 21.2 Å². The van der Waals surface area contributed by atoms with Crippen molar-refractivity contribution in [2.24, 2.45) is 12.0 Å². The van der Waals surface area contributed by atoms with Gasteiger partial charge in [-0.15, -0.1) is 0 Å². The second-order valence-corrected chi connectivity index (χ2v) is 5.20. The predicted molar refractivity (Wildman–Crippen MR) is 85.1 cm³/mol. The normalized spacial score (nSPS) is 11.6. The Bertz CT molecular complexity index is 758. The lowest BCUT2D eigenvalue weighted by Crippen LogP contribution is -2.25. The largest absolute Gasteiger partial charge is 0.250 e. The summed E-state index contributed by atoms with van der Waals surface area (Å²) in [6.07, 6.45) is 5.95. The van der Waals surface area contributed by atoms with Crippen LogP contribution in [0.5, 0.6) is 0 Å². The van der Waals surface area contributed by atoms with Crippen LogP contribution < -0.4 is 4.57 Å². The van der Waals surface area contributed by atoms with Crippen molar-refractivity contribution in [3.05, 3.63) is 83.9 Å². The first kappa shape index (κ1) is 13.6. The molecule has 0 atom stereocenters. The Morgan fingerprint density at radius 1 is 1.05 bits per heavy atom. The lowest BCUT2D eigenvalue weighted by molar-refractivity contribution is -0.670. The van der Waals surface area contributed by atoms with Gasteiger partial charge in [0.1, 0.15) is 12.4 Å². The molecule has 0 aliphatic carbocycles. The molecule has 21 heavy (non-hydrogen) atoms. The van der Waals surface area contributed by atoms with Gasteiger partial charge in [-0.2, -0.15) is 4.57 Å². The highest BCUT2D eigenvalue weighted by Gasteiger charge is 2.13. The van der Waals surface area contributed by atoms with Crippen molar-refractivity contribution in [2.45, 2.75) is 0 Å². The number of hydrogen-bond donors (Lipinski definition) is 0. The second-order valence-electron chi connectivity index (χ2n) is 4.76. The third-order valence-corrected chi connectivity index (χ3v) is 3.36. The van der Waals surface area contributed by atoms with Crippen molar-refractivity contribution in [3.63, 3.8) is 0 Å². The molecule has 0 fully saturated rings. The first-order valence-corrected chi connectivity index (χ1v) is 7.03. The molecule has 0 unspecified atom stereocenters. The molecule has 0 saturated carbocycles. The van der Waals surface area contributed by atoms with Crippen LogP contribution in [-0.2, 0) is 7.05 Å². The van der Waals surface area contributed by atoms with Gasteiger partial charge in [-0.1, -0.05) is 29.8 Å². The Kier molecular flexibility index (Phi) is 3.84. The number of halogens is 1. The maximum absolute atomic E-state index is 5.98. The third-order valence-electron chi connectivity index (χ3n) is 3.11. The summed E-state index contributed by atoms with van der Waals surface area (Å²) in [5.41, 5.74) is 1.93. The Hall–Kier alpha value is -2.39. The minimum atomic E-state index is 0.718. The van der Waals surface area contributed by atoms with Crippen LogP contribution in [0.4, 0.5) is 5.69 Å². The monoisotopic (exact) mass is 296 g/mol. The Balaban J connectivity index is 2.11. The number of benzene rings is 2. The van der Waals surface area contributed by atoms with Gasteiger partial charge in [-0.25, -0.2) is 9.56 Å². The summed E-state index contributed by atoms with van der Waals surface area (Å²) in [4.78, 5) is 4.77. The number of aryl methyl sites for hydroxylation is 1. The molecule has 104 valence electrons. The molecule has 1 aromatic heterocycles. The number of rotatable bonds is 2. The van der Waals surface area contributed by atoms with E-state index in [1.165, 1.54) is 0 Å². The average Bonchev–Trinajstić information content (AvgIpc) is 2.93. The van der Waals surface area contributed by atoms with E-state index in [2.05, 4.69) is 0 Å². The van der Waals surface area contributed by atoms with Crippen LogP contribution in [0.1, 0.15) is 5.56 Å². The van der Waals surface area contributed by atoms with Gasteiger partial charge < -0.3 is 0 Å². The van der Waals surface area contributed by atoms with E-state index in [9.17, 15) is 0 Å². The minimum absolute atomic E-state index is 0.718. The van der Waals surface area contributed by atoms with E-state index in [-0.39, 0.29) is 0 Å². The first-order chi connectivity index (χ1) is 10.2. The summed E-state index contributed by atoms with van der Waals surface area (Å²) in [7, 11) is 1.98. The van der Waals surface area contributed by atoms with Crippen molar-refractivity contribution in [2.75, 3.05) is 0 Å². The molecule has 3 nitrogen and oxygen atoms in total. The summed E-state index contributed by atoms with van der Waals surface area (Å²) in [6.45, 7) is 0. The zero-order chi connectivity index (χ0) is 14.7. The Morgan fingerprint density at radius 3 is 2.38 bits per heavy atom. The number of hydrogen-bond acceptors (Lipinski definition) is 1. The number of nitrogens with zero attached hydrogens (tertiary/aromatic N) is 3. The van der Waals surface area contributed by atoms with Gasteiger partial charge in [0, 0.05) is 10.6 Å².